The van der Waals surface area contributed by atoms with Crippen molar-refractivity contribution in [3.05, 3.63) is 0 Å². The number of thioether (sulfide) groups is 2. The molecule has 11 heavy (non-hydrogen) atoms. The Morgan fingerprint density at radius 2 is 1.64 bits per heavy atom. The average molecular weight is 220 g/mol. The molecule has 0 aromatic rings. The quantitative estimate of drug-likeness (QED) is 0.672. The molecule has 0 atom stereocenters. The van der Waals surface area contributed by atoms with Crippen LogP contribution in [0, 0.1) is 0 Å². The zero-order chi connectivity index (χ0) is 13.7. The van der Waals surface area contributed by atoms with Crippen LogP contribution in [0.2, 0.25) is 0 Å². The van der Waals surface area contributed by atoms with Crippen LogP contribution in [0.5, 0.6) is 0 Å². The van der Waals surface area contributed by atoms with Gasteiger partial charge in [0.2, 0.25) is 0 Å². The highest BCUT2D eigenvalue weighted by molar-refractivity contribution is 8.01. The van der Waals surface area contributed by atoms with E-state index in [9.17, 15) is 8.42 Å². The van der Waals surface area contributed by atoms with Crippen molar-refractivity contribution >= 4 is 33.4 Å². The van der Waals surface area contributed by atoms with Gasteiger partial charge in [0.1, 0.15) is 0 Å². The molecule has 0 aliphatic heterocycles. The van der Waals surface area contributed by atoms with Gasteiger partial charge < -0.3 is 0 Å². The molecule has 5 heteroatoms. The fourth-order valence-electron chi connectivity index (χ4n) is 0.439. The Balaban J connectivity index is 3.90. The summed E-state index contributed by atoms with van der Waals surface area (Å²) in [5.41, 5.74) is 0. The van der Waals surface area contributed by atoms with Crippen LogP contribution in [0.15, 0.2) is 0 Å². The first-order chi connectivity index (χ1) is 7.41. The Labute approximate surface area is 85.9 Å². The maximum Gasteiger partial charge on any atom is 0.151 e. The molecule has 68 valence electrons. The molecule has 0 unspecified atom stereocenters. The molecular formula is C6H14O2S3. The standard InChI is InChI=1S/C6H14O2S3/c1-9-3-5-11(7,8)6-4-10-2/h3-6H2,1-2H3/i1D3,2D3. The Hall–Kier alpha value is 0.650. The van der Waals surface area contributed by atoms with E-state index >= 15 is 0 Å². The summed E-state index contributed by atoms with van der Waals surface area (Å²) in [4.78, 5) is 0. The third-order valence-corrected chi connectivity index (χ3v) is 3.98. The van der Waals surface area contributed by atoms with Gasteiger partial charge in [0.15, 0.2) is 9.84 Å². The van der Waals surface area contributed by atoms with Crippen LogP contribution in [0.3, 0.4) is 0 Å². The minimum absolute atomic E-state index is 0.00271. The summed E-state index contributed by atoms with van der Waals surface area (Å²) >= 11 is 1.20. The van der Waals surface area contributed by atoms with Crippen molar-refractivity contribution in [3.8, 4) is 0 Å². The SMILES string of the molecule is [2H]C([2H])([2H])SCCS(=O)(=O)CCSC([2H])([2H])[2H]. The minimum atomic E-state index is -3.37. The highest BCUT2D eigenvalue weighted by Gasteiger charge is 2.08. The molecule has 0 amide bonds. The van der Waals surface area contributed by atoms with Crippen molar-refractivity contribution in [3.63, 3.8) is 0 Å². The van der Waals surface area contributed by atoms with Crippen LogP contribution in [0.1, 0.15) is 8.22 Å². The molecule has 0 N–H and O–H groups in total. The predicted molar refractivity (Wildman–Crippen MR) is 55.4 cm³/mol. The molecule has 0 aliphatic carbocycles. The zero-order valence-corrected chi connectivity index (χ0v) is 8.32. The number of sulfone groups is 1. The van der Waals surface area contributed by atoms with E-state index in [1.807, 2.05) is 0 Å². The second kappa shape index (κ2) is 6.20. The van der Waals surface area contributed by atoms with Crippen molar-refractivity contribution in [2.24, 2.45) is 0 Å². The monoisotopic (exact) mass is 220 g/mol. The highest BCUT2D eigenvalue weighted by atomic mass is 32.2. The predicted octanol–water partition coefficient (Wildman–Crippen LogP) is 1.13. The molecule has 0 spiro atoms. The van der Waals surface area contributed by atoms with E-state index in [1.54, 1.807) is 0 Å². The van der Waals surface area contributed by atoms with Crippen molar-refractivity contribution in [1.29, 1.82) is 0 Å². The molecular weight excluding hydrogens is 200 g/mol. The molecule has 0 aromatic heterocycles. The van der Waals surface area contributed by atoms with Gasteiger partial charge in [0.05, 0.1) is 11.5 Å². The summed E-state index contributed by atoms with van der Waals surface area (Å²) in [6, 6.07) is 0. The van der Waals surface area contributed by atoms with Crippen molar-refractivity contribution in [2.45, 2.75) is 0 Å². The van der Waals surface area contributed by atoms with Gasteiger partial charge in [-0.05, 0) is 12.4 Å². The van der Waals surface area contributed by atoms with Gasteiger partial charge in [0.25, 0.3) is 0 Å². The normalized spacial score (nSPS) is 22.2. The van der Waals surface area contributed by atoms with Crippen LogP contribution < -0.4 is 0 Å². The van der Waals surface area contributed by atoms with Gasteiger partial charge in [-0.2, -0.15) is 23.5 Å². The fraction of sp³-hybridized carbons (Fsp3) is 1.00. The maximum absolute atomic E-state index is 11.4. The van der Waals surface area contributed by atoms with E-state index in [4.69, 9.17) is 8.22 Å². The van der Waals surface area contributed by atoms with Gasteiger partial charge in [0, 0.05) is 19.7 Å². The number of hydrogen-bond acceptors (Lipinski definition) is 4. The van der Waals surface area contributed by atoms with Gasteiger partial charge in [-0.15, -0.1) is 0 Å². The Kier molecular flexibility index (Phi) is 2.69. The first kappa shape index (κ1) is 4.77. The van der Waals surface area contributed by atoms with Gasteiger partial charge >= 0.3 is 0 Å². The van der Waals surface area contributed by atoms with E-state index < -0.39 is 22.2 Å². The van der Waals surface area contributed by atoms with Crippen LogP contribution in [0.25, 0.3) is 0 Å². The Morgan fingerprint density at radius 1 is 1.18 bits per heavy atom. The molecule has 0 aliphatic rings. The molecule has 0 rings (SSSR count). The van der Waals surface area contributed by atoms with Gasteiger partial charge in [-0.1, -0.05) is 0 Å². The summed E-state index contributed by atoms with van der Waals surface area (Å²) in [6.07, 6.45) is -4.38. The van der Waals surface area contributed by atoms with Crippen LogP contribution in [-0.4, -0.2) is 43.8 Å². The van der Waals surface area contributed by atoms with Crippen LogP contribution in [-0.2, 0) is 9.84 Å². The second-order valence-corrected chi connectivity index (χ2v) is 5.55. The Morgan fingerprint density at radius 3 is 2.00 bits per heavy atom. The van der Waals surface area contributed by atoms with Crippen LogP contribution >= 0.6 is 23.5 Å². The summed E-state index contributed by atoms with van der Waals surface area (Å²) in [5, 5.41) is 0. The fourth-order valence-corrected chi connectivity index (χ4v) is 3.34. The third kappa shape index (κ3) is 7.03. The smallest absolute Gasteiger partial charge is 0.151 e. The molecule has 0 saturated heterocycles. The average Bonchev–Trinajstić information content (AvgIpc) is 1.96. The van der Waals surface area contributed by atoms with Gasteiger partial charge in [-0.25, -0.2) is 8.42 Å². The lowest BCUT2D eigenvalue weighted by molar-refractivity contribution is 0.599. The van der Waals surface area contributed by atoms with E-state index in [-0.39, 0.29) is 23.0 Å². The lowest BCUT2D eigenvalue weighted by Gasteiger charge is -2.00. The minimum Gasteiger partial charge on any atom is -0.229 e. The molecule has 0 radical (unpaired) electrons. The topological polar surface area (TPSA) is 34.1 Å². The molecule has 0 fully saturated rings. The first-order valence-electron chi connectivity index (χ1n) is 5.90. The summed E-state index contributed by atoms with van der Waals surface area (Å²) in [6.45, 7) is 0. The largest absolute Gasteiger partial charge is 0.229 e. The number of hydrogen-bond donors (Lipinski definition) is 0. The zero-order valence-electron chi connectivity index (χ0n) is 11.9. The van der Waals surface area contributed by atoms with Crippen molar-refractivity contribution in [1.82, 2.24) is 0 Å². The first-order valence-corrected chi connectivity index (χ1v) is 6.69. The van der Waals surface area contributed by atoms with E-state index in [1.165, 1.54) is 0 Å². The van der Waals surface area contributed by atoms with Crippen molar-refractivity contribution in [2.75, 3.05) is 35.4 Å². The summed E-state index contributed by atoms with van der Waals surface area (Å²) < 4.78 is 64.1. The number of rotatable bonds is 6. The van der Waals surface area contributed by atoms with Crippen molar-refractivity contribution < 1.29 is 16.6 Å². The lowest BCUT2D eigenvalue weighted by Crippen LogP contribution is -2.14. The Bertz CT molecular complexity index is 294. The summed E-state index contributed by atoms with van der Waals surface area (Å²) in [5.74, 6) is -0.482. The van der Waals surface area contributed by atoms with Gasteiger partial charge in [-0.3, -0.25) is 0 Å². The molecule has 0 bridgehead atoms. The van der Waals surface area contributed by atoms with E-state index in [0.29, 0.717) is 23.5 Å². The van der Waals surface area contributed by atoms with Crippen LogP contribution in [0.4, 0.5) is 0 Å². The molecule has 0 aromatic carbocycles. The third-order valence-electron chi connectivity index (χ3n) is 0.993. The maximum atomic E-state index is 11.4. The molecule has 0 saturated carbocycles. The second-order valence-electron chi connectivity index (χ2n) is 1.85. The van der Waals surface area contributed by atoms with E-state index in [2.05, 4.69) is 0 Å². The van der Waals surface area contributed by atoms with E-state index in [0.717, 1.165) is 0 Å². The lowest BCUT2D eigenvalue weighted by atomic mass is 10.9. The highest BCUT2D eigenvalue weighted by Crippen LogP contribution is 2.00. The molecule has 0 heterocycles. The molecule has 2 nitrogen and oxygen atoms in total. The summed E-state index contributed by atoms with van der Waals surface area (Å²) in [7, 11) is -3.37.